The topological polar surface area (TPSA) is 27.1 Å². The smallest absolute Gasteiger partial charge is 0.101 e. The van der Waals surface area contributed by atoms with Gasteiger partial charge in [-0.1, -0.05) is 58.5 Å². The third-order valence-corrected chi connectivity index (χ3v) is 5.16. The van der Waals surface area contributed by atoms with Gasteiger partial charge >= 0.3 is 0 Å². The Morgan fingerprint density at radius 3 is 2.28 bits per heavy atom. The van der Waals surface area contributed by atoms with Crippen molar-refractivity contribution < 1.29 is 4.74 Å². The molecule has 3 nitrogen and oxygen atoms in total. The first-order chi connectivity index (χ1) is 12.0. The average Bonchev–Trinajstić information content (AvgIpc) is 3.10. The van der Waals surface area contributed by atoms with Gasteiger partial charge in [0.15, 0.2) is 0 Å². The maximum absolute atomic E-state index is 6.16. The van der Waals surface area contributed by atoms with Crippen LogP contribution in [0.5, 0.6) is 0 Å². The lowest BCUT2D eigenvalue weighted by molar-refractivity contribution is 0.0280. The molecule has 3 aromatic rings. The van der Waals surface area contributed by atoms with Crippen LogP contribution in [-0.2, 0) is 17.9 Å². The van der Waals surface area contributed by atoms with E-state index in [2.05, 4.69) is 4.98 Å². The molecule has 0 radical (unpaired) electrons. The highest BCUT2D eigenvalue weighted by molar-refractivity contribution is 6.42. The number of nitrogens with zero attached hydrogens (tertiary/aromatic N) is 2. The van der Waals surface area contributed by atoms with E-state index in [1.54, 1.807) is 30.7 Å². The first-order valence-corrected chi connectivity index (χ1v) is 9.00. The highest BCUT2D eigenvalue weighted by Gasteiger charge is 2.15. The number of benzene rings is 2. The molecule has 0 spiro atoms. The molecule has 1 heterocycles. The number of ether oxygens (including phenoxy) is 1. The van der Waals surface area contributed by atoms with E-state index in [1.807, 2.05) is 29.0 Å². The van der Waals surface area contributed by atoms with Crippen molar-refractivity contribution in [2.24, 2.45) is 0 Å². The molecule has 0 aliphatic heterocycles. The van der Waals surface area contributed by atoms with E-state index in [1.165, 1.54) is 0 Å². The Bertz CT molecular complexity index is 852. The van der Waals surface area contributed by atoms with E-state index in [4.69, 9.17) is 51.1 Å². The van der Waals surface area contributed by atoms with Crippen LogP contribution in [0.1, 0.15) is 17.2 Å². The first-order valence-electron chi connectivity index (χ1n) is 7.49. The van der Waals surface area contributed by atoms with Crippen molar-refractivity contribution >= 4 is 46.4 Å². The van der Waals surface area contributed by atoms with Gasteiger partial charge in [0, 0.05) is 12.4 Å². The summed E-state index contributed by atoms with van der Waals surface area (Å²) in [5, 5.41) is 2.03. The van der Waals surface area contributed by atoms with Crippen molar-refractivity contribution in [2.45, 2.75) is 19.3 Å². The van der Waals surface area contributed by atoms with Crippen LogP contribution in [-0.4, -0.2) is 9.55 Å². The Hall–Kier alpha value is -1.23. The maximum atomic E-state index is 6.16. The minimum absolute atomic E-state index is 0.224. The second-order valence-corrected chi connectivity index (χ2v) is 7.11. The van der Waals surface area contributed by atoms with Crippen LogP contribution in [0.4, 0.5) is 0 Å². The number of hydrogen-bond donors (Lipinski definition) is 0. The zero-order valence-electron chi connectivity index (χ0n) is 13.0. The fourth-order valence-corrected chi connectivity index (χ4v) is 3.01. The predicted molar refractivity (Wildman–Crippen MR) is 103 cm³/mol. The van der Waals surface area contributed by atoms with E-state index < -0.39 is 0 Å². The average molecular weight is 416 g/mol. The van der Waals surface area contributed by atoms with Crippen LogP contribution in [0.25, 0.3) is 0 Å². The monoisotopic (exact) mass is 414 g/mol. The van der Waals surface area contributed by atoms with Crippen molar-refractivity contribution in [2.75, 3.05) is 0 Å². The molecule has 25 heavy (non-hydrogen) atoms. The van der Waals surface area contributed by atoms with Gasteiger partial charge in [0.25, 0.3) is 0 Å². The Labute approximate surface area is 166 Å². The second kappa shape index (κ2) is 8.43. The first kappa shape index (κ1) is 18.6. The molecule has 0 aliphatic carbocycles. The minimum atomic E-state index is -0.224. The van der Waals surface area contributed by atoms with Gasteiger partial charge < -0.3 is 9.30 Å². The van der Waals surface area contributed by atoms with Crippen LogP contribution in [0.15, 0.2) is 55.1 Å². The number of rotatable bonds is 6. The summed E-state index contributed by atoms with van der Waals surface area (Å²) >= 11 is 24.2. The SMILES string of the molecule is Clc1ccc(COC(Cn2ccnc2)c2ccc(Cl)c(Cl)c2)cc1Cl. The molecule has 0 aliphatic rings. The third-order valence-electron chi connectivity index (χ3n) is 3.69. The van der Waals surface area contributed by atoms with Gasteiger partial charge in [0.2, 0.25) is 0 Å². The molecule has 3 rings (SSSR count). The summed E-state index contributed by atoms with van der Waals surface area (Å²) in [6.07, 6.45) is 5.13. The number of aromatic nitrogens is 2. The molecule has 0 saturated carbocycles. The van der Waals surface area contributed by atoms with E-state index in [-0.39, 0.29) is 6.10 Å². The van der Waals surface area contributed by atoms with E-state index in [0.29, 0.717) is 33.2 Å². The van der Waals surface area contributed by atoms with Gasteiger partial charge in [-0.3, -0.25) is 0 Å². The summed E-state index contributed by atoms with van der Waals surface area (Å²) < 4.78 is 8.07. The quantitative estimate of drug-likeness (QED) is 0.462. The molecule has 0 saturated heterocycles. The summed E-state index contributed by atoms with van der Waals surface area (Å²) in [5.74, 6) is 0. The molecule has 0 amide bonds. The minimum Gasteiger partial charge on any atom is -0.367 e. The number of imidazole rings is 1. The van der Waals surface area contributed by atoms with Gasteiger partial charge in [-0.2, -0.15) is 0 Å². The van der Waals surface area contributed by atoms with E-state index >= 15 is 0 Å². The molecule has 2 aromatic carbocycles. The predicted octanol–water partition coefficient (Wildman–Crippen LogP) is 6.45. The van der Waals surface area contributed by atoms with Crippen molar-refractivity contribution in [1.82, 2.24) is 9.55 Å². The van der Waals surface area contributed by atoms with Gasteiger partial charge in [-0.05, 0) is 35.4 Å². The summed E-state index contributed by atoms with van der Waals surface area (Å²) in [6.45, 7) is 0.982. The zero-order chi connectivity index (χ0) is 17.8. The van der Waals surface area contributed by atoms with Gasteiger partial charge in [0.1, 0.15) is 6.10 Å². The highest BCUT2D eigenvalue weighted by atomic mass is 35.5. The Morgan fingerprint density at radius 2 is 1.64 bits per heavy atom. The Balaban J connectivity index is 1.80. The van der Waals surface area contributed by atoms with Crippen molar-refractivity contribution in [3.05, 3.63) is 86.3 Å². The summed E-state index contributed by atoms with van der Waals surface area (Å²) in [7, 11) is 0. The van der Waals surface area contributed by atoms with E-state index in [0.717, 1.165) is 11.1 Å². The summed E-state index contributed by atoms with van der Waals surface area (Å²) in [4.78, 5) is 4.07. The molecule has 1 aromatic heterocycles. The highest BCUT2D eigenvalue weighted by Crippen LogP contribution is 2.29. The van der Waals surface area contributed by atoms with Crippen LogP contribution >= 0.6 is 46.4 Å². The number of halogens is 4. The fourth-order valence-electron chi connectivity index (χ4n) is 2.38. The largest absolute Gasteiger partial charge is 0.367 e. The van der Waals surface area contributed by atoms with Crippen LogP contribution < -0.4 is 0 Å². The molecule has 0 fully saturated rings. The molecule has 0 bridgehead atoms. The van der Waals surface area contributed by atoms with Crippen LogP contribution in [0.2, 0.25) is 20.1 Å². The lowest BCUT2D eigenvalue weighted by Gasteiger charge is -2.20. The molecule has 7 heteroatoms. The molecule has 1 unspecified atom stereocenters. The molecule has 130 valence electrons. The molecular weight excluding hydrogens is 402 g/mol. The standard InChI is InChI=1S/C18H14Cl4N2O/c19-14-3-1-12(7-16(14)21)10-25-18(9-24-6-5-23-11-24)13-2-4-15(20)17(22)8-13/h1-8,11,18H,9-10H2. The lowest BCUT2D eigenvalue weighted by Crippen LogP contribution is -2.12. The number of hydrogen-bond acceptors (Lipinski definition) is 2. The molecule has 0 N–H and O–H groups in total. The van der Waals surface area contributed by atoms with Gasteiger partial charge in [-0.25, -0.2) is 4.98 Å². The maximum Gasteiger partial charge on any atom is 0.101 e. The summed E-state index contributed by atoms with van der Waals surface area (Å²) in [5.41, 5.74) is 1.87. The van der Waals surface area contributed by atoms with Gasteiger partial charge in [0.05, 0.1) is 39.6 Å². The van der Waals surface area contributed by atoms with Crippen molar-refractivity contribution in [1.29, 1.82) is 0 Å². The van der Waals surface area contributed by atoms with Crippen LogP contribution in [0, 0.1) is 0 Å². The lowest BCUT2D eigenvalue weighted by atomic mass is 10.1. The van der Waals surface area contributed by atoms with E-state index in [9.17, 15) is 0 Å². The summed E-state index contributed by atoms with van der Waals surface area (Å²) in [6, 6.07) is 10.9. The van der Waals surface area contributed by atoms with Crippen LogP contribution in [0.3, 0.4) is 0 Å². The van der Waals surface area contributed by atoms with Crippen molar-refractivity contribution in [3.63, 3.8) is 0 Å². The normalized spacial score (nSPS) is 12.3. The van der Waals surface area contributed by atoms with Gasteiger partial charge in [-0.15, -0.1) is 0 Å². The molecular formula is C18H14Cl4N2O. The Morgan fingerprint density at radius 1 is 0.920 bits per heavy atom. The van der Waals surface area contributed by atoms with Crippen molar-refractivity contribution in [3.8, 4) is 0 Å². The molecule has 1 atom stereocenters. The Kier molecular flexibility index (Phi) is 6.26. The zero-order valence-corrected chi connectivity index (χ0v) is 16.0. The fraction of sp³-hybridized carbons (Fsp3) is 0.167. The third kappa shape index (κ3) is 4.90. The second-order valence-electron chi connectivity index (χ2n) is 5.48.